The van der Waals surface area contributed by atoms with E-state index in [9.17, 15) is 0 Å². The summed E-state index contributed by atoms with van der Waals surface area (Å²) in [5.41, 5.74) is 11.2. The number of para-hydroxylation sites is 1. The molecule has 0 aliphatic heterocycles. The number of aromatic nitrogens is 1. The van der Waals surface area contributed by atoms with Gasteiger partial charge in [-0.15, -0.1) is 0 Å². The van der Waals surface area contributed by atoms with Gasteiger partial charge in [0.25, 0.3) is 0 Å². The molecule has 0 saturated carbocycles. The van der Waals surface area contributed by atoms with E-state index in [1.165, 1.54) is 60.9 Å². The van der Waals surface area contributed by atoms with Crippen LogP contribution in [-0.2, 0) is 0 Å². The van der Waals surface area contributed by atoms with Crippen LogP contribution in [0.25, 0.3) is 55.3 Å². The summed E-state index contributed by atoms with van der Waals surface area (Å²) in [7, 11) is 0. The molecule has 0 saturated heterocycles. The van der Waals surface area contributed by atoms with Gasteiger partial charge in [-0.05, 0) is 75.6 Å². The first-order chi connectivity index (χ1) is 19.2. The average molecular weight is 502 g/mol. The molecular weight excluding hydrogens is 470 g/mol. The summed E-state index contributed by atoms with van der Waals surface area (Å²) in [6, 6.07) is 44.1. The highest BCUT2D eigenvalue weighted by Gasteiger charge is 2.15. The molecule has 1 unspecified atom stereocenters. The molecule has 1 aliphatic rings. The van der Waals surface area contributed by atoms with E-state index in [2.05, 4.69) is 158 Å². The van der Waals surface area contributed by atoms with Crippen molar-refractivity contribution in [1.29, 1.82) is 0 Å². The maximum absolute atomic E-state index is 2.39. The molecule has 5 aromatic carbocycles. The van der Waals surface area contributed by atoms with Gasteiger partial charge in [0, 0.05) is 16.5 Å². The van der Waals surface area contributed by atoms with Crippen molar-refractivity contribution in [2.45, 2.75) is 13.8 Å². The number of hydrogen-bond acceptors (Lipinski definition) is 0. The maximum atomic E-state index is 2.39. The molecule has 1 heterocycles. The van der Waals surface area contributed by atoms with E-state index in [0.717, 1.165) is 0 Å². The largest absolute Gasteiger partial charge is 0.309 e. The Balaban J connectivity index is 1.25. The van der Waals surface area contributed by atoms with Gasteiger partial charge in [0.15, 0.2) is 0 Å². The Labute approximate surface area is 230 Å². The van der Waals surface area contributed by atoms with Crippen LogP contribution >= 0.6 is 0 Å². The van der Waals surface area contributed by atoms with Crippen molar-refractivity contribution in [3.63, 3.8) is 0 Å². The van der Waals surface area contributed by atoms with Crippen molar-refractivity contribution in [2.24, 2.45) is 11.8 Å². The summed E-state index contributed by atoms with van der Waals surface area (Å²) in [5, 5.41) is 2.56. The Morgan fingerprint density at radius 3 is 1.82 bits per heavy atom. The Bertz CT molecular complexity index is 1850. The molecule has 6 aromatic rings. The van der Waals surface area contributed by atoms with Crippen LogP contribution in [0.4, 0.5) is 0 Å². The predicted octanol–water partition coefficient (Wildman–Crippen LogP) is 10.3. The van der Waals surface area contributed by atoms with Crippen molar-refractivity contribution in [3.8, 4) is 27.9 Å². The highest BCUT2D eigenvalue weighted by Crippen LogP contribution is 2.35. The van der Waals surface area contributed by atoms with Gasteiger partial charge in [0.2, 0.25) is 0 Å². The minimum Gasteiger partial charge on any atom is -0.309 e. The molecule has 0 amide bonds. The first kappa shape index (κ1) is 23.5. The minimum atomic E-state index is 0.572. The van der Waals surface area contributed by atoms with Gasteiger partial charge in [-0.3, -0.25) is 0 Å². The van der Waals surface area contributed by atoms with Crippen molar-refractivity contribution in [1.82, 2.24) is 4.57 Å². The van der Waals surface area contributed by atoms with Crippen LogP contribution in [0.2, 0.25) is 0 Å². The van der Waals surface area contributed by atoms with Gasteiger partial charge in [-0.2, -0.15) is 0 Å². The van der Waals surface area contributed by atoms with E-state index in [1.807, 2.05) is 0 Å². The van der Waals surface area contributed by atoms with E-state index in [0.29, 0.717) is 11.8 Å². The lowest BCUT2D eigenvalue weighted by molar-refractivity contribution is 0.554. The van der Waals surface area contributed by atoms with Crippen LogP contribution in [0.1, 0.15) is 19.4 Å². The molecule has 39 heavy (non-hydrogen) atoms. The monoisotopic (exact) mass is 501 g/mol. The first-order valence-corrected chi connectivity index (χ1v) is 13.9. The van der Waals surface area contributed by atoms with Crippen molar-refractivity contribution >= 4 is 27.4 Å². The normalized spacial score (nSPS) is 17.0. The number of fused-ring (bicyclic) bond motifs is 3. The fraction of sp³-hybridized carbons (Fsp3) is 0.105. The third-order valence-electron chi connectivity index (χ3n) is 8.31. The number of allylic oxidation sites excluding steroid dienone is 4. The molecule has 0 spiro atoms. The molecule has 0 radical (unpaired) electrons. The number of rotatable bonds is 4. The van der Waals surface area contributed by atoms with Gasteiger partial charge in [0.05, 0.1) is 11.0 Å². The Hall–Kier alpha value is -4.62. The third-order valence-corrected chi connectivity index (χ3v) is 8.31. The Morgan fingerprint density at radius 2 is 1.08 bits per heavy atom. The molecule has 1 nitrogen and oxygen atoms in total. The van der Waals surface area contributed by atoms with E-state index in [1.54, 1.807) is 0 Å². The fourth-order valence-corrected chi connectivity index (χ4v) is 5.83. The minimum absolute atomic E-state index is 0.572. The number of nitrogens with zero attached hydrogens (tertiary/aromatic N) is 1. The molecule has 0 fully saturated rings. The molecular formula is C38H31N. The van der Waals surface area contributed by atoms with Crippen LogP contribution in [0.15, 0.2) is 140 Å². The van der Waals surface area contributed by atoms with E-state index >= 15 is 0 Å². The lowest BCUT2D eigenvalue weighted by Gasteiger charge is -2.19. The molecule has 0 bridgehead atoms. The lowest BCUT2D eigenvalue weighted by Crippen LogP contribution is -2.06. The summed E-state index contributed by atoms with van der Waals surface area (Å²) in [4.78, 5) is 0. The smallest absolute Gasteiger partial charge is 0.0541 e. The zero-order chi connectivity index (χ0) is 26.3. The molecule has 1 aromatic heterocycles. The SMILES string of the molecule is CC1C=C(c2ccc(-c3ccc(-n4c5ccccc5c5cc(-c6ccccc6)ccc54)cc3)cc2)C=C[C@@H]1C. The van der Waals surface area contributed by atoms with Gasteiger partial charge in [-0.25, -0.2) is 0 Å². The molecule has 188 valence electrons. The molecule has 7 rings (SSSR count). The van der Waals surface area contributed by atoms with Gasteiger partial charge in [0.1, 0.15) is 0 Å². The second kappa shape index (κ2) is 9.60. The Kier molecular flexibility index (Phi) is 5.78. The summed E-state index contributed by atoms with van der Waals surface area (Å²) < 4.78 is 2.39. The molecule has 1 aliphatic carbocycles. The van der Waals surface area contributed by atoms with Crippen molar-refractivity contribution in [2.75, 3.05) is 0 Å². The zero-order valence-electron chi connectivity index (χ0n) is 22.4. The topological polar surface area (TPSA) is 4.93 Å². The Morgan fingerprint density at radius 1 is 0.487 bits per heavy atom. The highest BCUT2D eigenvalue weighted by molar-refractivity contribution is 6.10. The summed E-state index contributed by atoms with van der Waals surface area (Å²) in [6.07, 6.45) is 6.98. The van der Waals surface area contributed by atoms with Crippen LogP contribution < -0.4 is 0 Å². The van der Waals surface area contributed by atoms with E-state index in [-0.39, 0.29) is 0 Å². The zero-order valence-corrected chi connectivity index (χ0v) is 22.4. The second-order valence-electron chi connectivity index (χ2n) is 10.8. The van der Waals surface area contributed by atoms with Crippen LogP contribution in [0.3, 0.4) is 0 Å². The molecule has 1 heteroatoms. The maximum Gasteiger partial charge on any atom is 0.0541 e. The van der Waals surface area contributed by atoms with Gasteiger partial charge >= 0.3 is 0 Å². The number of benzene rings is 5. The predicted molar refractivity (Wildman–Crippen MR) is 167 cm³/mol. The summed E-state index contributed by atoms with van der Waals surface area (Å²) in [6.45, 7) is 4.58. The van der Waals surface area contributed by atoms with E-state index < -0.39 is 0 Å². The third kappa shape index (κ3) is 4.21. The fourth-order valence-electron chi connectivity index (χ4n) is 5.83. The van der Waals surface area contributed by atoms with Crippen molar-refractivity contribution in [3.05, 3.63) is 145 Å². The van der Waals surface area contributed by atoms with Crippen molar-refractivity contribution < 1.29 is 0 Å². The van der Waals surface area contributed by atoms with Gasteiger partial charge in [-0.1, -0.05) is 123 Å². The van der Waals surface area contributed by atoms with Gasteiger partial charge < -0.3 is 4.57 Å². The first-order valence-electron chi connectivity index (χ1n) is 13.9. The summed E-state index contributed by atoms with van der Waals surface area (Å²) >= 11 is 0. The highest BCUT2D eigenvalue weighted by atomic mass is 15.0. The standard InChI is InChI=1S/C38H31N/c1-26-12-13-32(24-27(26)2)31-16-14-29(15-17-31)30-18-21-34(22-19-30)39-37-11-7-6-10-35(37)36-25-33(20-23-38(36)39)28-8-4-3-5-9-28/h3-27H,1-2H3/t26-,27?/m0/s1. The van der Waals surface area contributed by atoms with Crippen LogP contribution in [0.5, 0.6) is 0 Å². The lowest BCUT2D eigenvalue weighted by atomic mass is 9.86. The van der Waals surface area contributed by atoms with Crippen LogP contribution in [-0.4, -0.2) is 4.57 Å². The average Bonchev–Trinajstić information content (AvgIpc) is 3.33. The number of hydrogen-bond donors (Lipinski definition) is 0. The second-order valence-corrected chi connectivity index (χ2v) is 10.8. The molecule has 0 N–H and O–H groups in total. The molecule has 2 atom stereocenters. The quantitative estimate of drug-likeness (QED) is 0.226. The summed E-state index contributed by atoms with van der Waals surface area (Å²) in [5.74, 6) is 1.18. The van der Waals surface area contributed by atoms with E-state index in [4.69, 9.17) is 0 Å². The van der Waals surface area contributed by atoms with Crippen LogP contribution in [0, 0.1) is 11.8 Å².